The molecule has 1 atom stereocenters. The first-order chi connectivity index (χ1) is 9.50. The number of nitrogens with two attached hydrogens (primary N) is 1. The minimum absolute atomic E-state index is 0.199. The van der Waals surface area contributed by atoms with Crippen molar-refractivity contribution in [2.45, 2.75) is 12.8 Å². The van der Waals surface area contributed by atoms with E-state index in [-0.39, 0.29) is 11.6 Å². The van der Waals surface area contributed by atoms with E-state index in [9.17, 15) is 13.6 Å². The number of anilines is 1. The second-order valence-electron chi connectivity index (χ2n) is 5.09. The standard InChI is InChI=1S/C14H18F2N2O2/c1-18(7-9-3-2-6-20-8-9)14(19)12-10(15)4-5-11(17)13(12)16/h4-5,9H,2-3,6-8,17H2,1H3. The van der Waals surface area contributed by atoms with Gasteiger partial charge in [0.05, 0.1) is 12.3 Å². The van der Waals surface area contributed by atoms with Gasteiger partial charge in [-0.3, -0.25) is 4.79 Å². The molecule has 0 radical (unpaired) electrons. The van der Waals surface area contributed by atoms with Gasteiger partial charge in [0.2, 0.25) is 0 Å². The van der Waals surface area contributed by atoms with Crippen LogP contribution in [0.3, 0.4) is 0 Å². The van der Waals surface area contributed by atoms with Crippen LogP contribution in [-0.4, -0.2) is 37.6 Å². The zero-order valence-electron chi connectivity index (χ0n) is 11.4. The third-order valence-electron chi connectivity index (χ3n) is 3.47. The molecule has 110 valence electrons. The molecule has 6 heteroatoms. The molecule has 1 amide bonds. The van der Waals surface area contributed by atoms with Crippen LogP contribution in [0.15, 0.2) is 12.1 Å². The van der Waals surface area contributed by atoms with E-state index in [2.05, 4.69) is 0 Å². The Kier molecular flexibility index (Phi) is 4.54. The van der Waals surface area contributed by atoms with E-state index in [4.69, 9.17) is 10.5 Å². The van der Waals surface area contributed by atoms with Crippen molar-refractivity contribution < 1.29 is 18.3 Å². The van der Waals surface area contributed by atoms with Crippen LogP contribution in [0.2, 0.25) is 0 Å². The van der Waals surface area contributed by atoms with Crippen molar-refractivity contribution in [2.24, 2.45) is 5.92 Å². The van der Waals surface area contributed by atoms with E-state index in [1.165, 1.54) is 11.9 Å². The summed E-state index contributed by atoms with van der Waals surface area (Å²) in [6, 6.07) is 2.11. The maximum Gasteiger partial charge on any atom is 0.259 e. The smallest absolute Gasteiger partial charge is 0.259 e. The van der Waals surface area contributed by atoms with Gasteiger partial charge in [-0.1, -0.05) is 0 Å². The third kappa shape index (κ3) is 3.07. The Morgan fingerprint density at radius 3 is 2.90 bits per heavy atom. The maximum atomic E-state index is 13.8. The Morgan fingerprint density at radius 2 is 2.25 bits per heavy atom. The summed E-state index contributed by atoms with van der Waals surface area (Å²) in [5.41, 5.74) is 4.55. The van der Waals surface area contributed by atoms with Crippen LogP contribution in [0.25, 0.3) is 0 Å². The van der Waals surface area contributed by atoms with Crippen molar-refractivity contribution in [1.29, 1.82) is 0 Å². The van der Waals surface area contributed by atoms with Crippen LogP contribution in [-0.2, 0) is 4.74 Å². The number of nitrogen functional groups attached to an aromatic ring is 1. The Labute approximate surface area is 116 Å². The largest absolute Gasteiger partial charge is 0.396 e. The Balaban J connectivity index is 2.12. The first-order valence-corrected chi connectivity index (χ1v) is 6.57. The van der Waals surface area contributed by atoms with Gasteiger partial charge in [0.25, 0.3) is 5.91 Å². The van der Waals surface area contributed by atoms with Gasteiger partial charge >= 0.3 is 0 Å². The number of amides is 1. The number of nitrogens with zero attached hydrogens (tertiary/aromatic N) is 1. The van der Waals surface area contributed by atoms with E-state index in [1.807, 2.05) is 0 Å². The van der Waals surface area contributed by atoms with Crippen molar-refractivity contribution in [3.8, 4) is 0 Å². The lowest BCUT2D eigenvalue weighted by Crippen LogP contribution is -2.36. The predicted octanol–water partition coefficient (Wildman–Crippen LogP) is 2.05. The average Bonchev–Trinajstić information content (AvgIpc) is 2.44. The molecule has 1 saturated heterocycles. The average molecular weight is 284 g/mol. The number of hydrogen-bond donors (Lipinski definition) is 1. The number of benzene rings is 1. The van der Waals surface area contributed by atoms with Crippen LogP contribution in [0.1, 0.15) is 23.2 Å². The van der Waals surface area contributed by atoms with Crippen LogP contribution in [0.5, 0.6) is 0 Å². The van der Waals surface area contributed by atoms with Gasteiger partial charge in [-0.15, -0.1) is 0 Å². The summed E-state index contributed by atoms with van der Waals surface area (Å²) >= 11 is 0. The monoisotopic (exact) mass is 284 g/mol. The normalized spacial score (nSPS) is 18.9. The minimum Gasteiger partial charge on any atom is -0.396 e. The Hall–Kier alpha value is -1.69. The number of ether oxygens (including phenoxy) is 1. The lowest BCUT2D eigenvalue weighted by atomic mass is 10.0. The van der Waals surface area contributed by atoms with Crippen molar-refractivity contribution in [1.82, 2.24) is 4.90 Å². The lowest BCUT2D eigenvalue weighted by Gasteiger charge is -2.27. The fourth-order valence-electron chi connectivity index (χ4n) is 2.38. The minimum atomic E-state index is -0.998. The summed E-state index contributed by atoms with van der Waals surface area (Å²) in [6.07, 6.45) is 1.88. The zero-order valence-corrected chi connectivity index (χ0v) is 11.4. The molecule has 1 aromatic carbocycles. The second kappa shape index (κ2) is 6.17. The fourth-order valence-corrected chi connectivity index (χ4v) is 2.38. The molecule has 1 aliphatic rings. The van der Waals surface area contributed by atoms with Crippen LogP contribution in [0.4, 0.5) is 14.5 Å². The van der Waals surface area contributed by atoms with Gasteiger partial charge in [-0.05, 0) is 30.9 Å². The molecule has 0 aliphatic carbocycles. The molecule has 1 aromatic rings. The summed E-state index contributed by atoms with van der Waals surface area (Å²) in [5, 5.41) is 0. The number of carbonyl (C=O) groups excluding carboxylic acids is 1. The number of hydrogen-bond acceptors (Lipinski definition) is 3. The molecule has 1 heterocycles. The molecule has 0 saturated carbocycles. The molecule has 4 nitrogen and oxygen atoms in total. The van der Waals surface area contributed by atoms with Gasteiger partial charge in [-0.2, -0.15) is 0 Å². The predicted molar refractivity (Wildman–Crippen MR) is 71.3 cm³/mol. The number of carbonyl (C=O) groups is 1. The summed E-state index contributed by atoms with van der Waals surface area (Å²) < 4.78 is 32.8. The van der Waals surface area contributed by atoms with Crippen molar-refractivity contribution in [3.63, 3.8) is 0 Å². The molecule has 20 heavy (non-hydrogen) atoms. The highest BCUT2D eigenvalue weighted by Crippen LogP contribution is 2.21. The third-order valence-corrected chi connectivity index (χ3v) is 3.47. The van der Waals surface area contributed by atoms with Crippen molar-refractivity contribution in [2.75, 3.05) is 32.5 Å². The molecular formula is C14H18F2N2O2. The molecule has 1 aliphatic heterocycles. The van der Waals surface area contributed by atoms with Gasteiger partial charge in [-0.25, -0.2) is 8.78 Å². The van der Waals surface area contributed by atoms with Gasteiger partial charge in [0.1, 0.15) is 11.4 Å². The summed E-state index contributed by atoms with van der Waals surface area (Å²) in [5.74, 6) is -2.39. The summed E-state index contributed by atoms with van der Waals surface area (Å²) in [7, 11) is 1.53. The topological polar surface area (TPSA) is 55.6 Å². The molecule has 2 rings (SSSR count). The van der Waals surface area contributed by atoms with Crippen molar-refractivity contribution >= 4 is 11.6 Å². The molecule has 2 N–H and O–H groups in total. The Bertz CT molecular complexity index is 502. The number of halogens is 2. The lowest BCUT2D eigenvalue weighted by molar-refractivity contribution is 0.0386. The van der Waals surface area contributed by atoms with Gasteiger partial charge in [0, 0.05) is 20.2 Å². The quantitative estimate of drug-likeness (QED) is 0.864. The van der Waals surface area contributed by atoms with Crippen LogP contribution < -0.4 is 5.73 Å². The van der Waals surface area contributed by atoms with Gasteiger partial charge in [0.15, 0.2) is 5.82 Å². The molecule has 1 fully saturated rings. The van der Waals surface area contributed by atoms with Crippen LogP contribution in [0, 0.1) is 17.6 Å². The van der Waals surface area contributed by atoms with Crippen LogP contribution >= 0.6 is 0 Å². The first-order valence-electron chi connectivity index (χ1n) is 6.57. The van der Waals surface area contributed by atoms with E-state index in [0.717, 1.165) is 31.6 Å². The summed E-state index contributed by atoms with van der Waals surface area (Å²) in [4.78, 5) is 13.5. The van der Waals surface area contributed by atoms with E-state index in [0.29, 0.717) is 13.2 Å². The molecular weight excluding hydrogens is 266 g/mol. The highest BCUT2D eigenvalue weighted by atomic mass is 19.1. The Morgan fingerprint density at radius 1 is 1.50 bits per heavy atom. The molecule has 1 unspecified atom stereocenters. The SMILES string of the molecule is CN(CC1CCCOC1)C(=O)c1c(F)ccc(N)c1F. The fraction of sp³-hybridized carbons (Fsp3) is 0.500. The molecule has 0 aromatic heterocycles. The van der Waals surface area contributed by atoms with E-state index in [1.54, 1.807) is 0 Å². The molecule has 0 bridgehead atoms. The zero-order chi connectivity index (χ0) is 14.7. The summed E-state index contributed by atoms with van der Waals surface area (Å²) in [6.45, 7) is 1.71. The second-order valence-corrected chi connectivity index (χ2v) is 5.09. The molecule has 0 spiro atoms. The number of rotatable bonds is 3. The van der Waals surface area contributed by atoms with Gasteiger partial charge < -0.3 is 15.4 Å². The highest BCUT2D eigenvalue weighted by molar-refractivity contribution is 5.95. The first kappa shape index (κ1) is 14.7. The van der Waals surface area contributed by atoms with E-state index < -0.39 is 23.1 Å². The van der Waals surface area contributed by atoms with E-state index >= 15 is 0 Å². The maximum absolute atomic E-state index is 13.8. The highest BCUT2D eigenvalue weighted by Gasteiger charge is 2.25. The van der Waals surface area contributed by atoms with Crippen molar-refractivity contribution in [3.05, 3.63) is 29.3 Å².